The number of benzene rings is 1. The molecule has 2 atom stereocenters. The number of nitrogens with two attached hydrogens (primary N) is 1. The zero-order valence-electron chi connectivity index (χ0n) is 12.4. The van der Waals surface area contributed by atoms with Crippen LogP contribution in [0.25, 0.3) is 0 Å². The predicted molar refractivity (Wildman–Crippen MR) is 87.2 cm³/mol. The molecule has 0 radical (unpaired) electrons. The molecule has 0 aromatic heterocycles. The van der Waals surface area contributed by atoms with E-state index in [9.17, 15) is 4.79 Å². The maximum absolute atomic E-state index is 12.2. The molecule has 0 aliphatic carbocycles. The van der Waals surface area contributed by atoms with Crippen molar-refractivity contribution in [3.8, 4) is 5.75 Å². The fourth-order valence-corrected chi connectivity index (χ4v) is 3.01. The molecule has 116 valence electrons. The SMILES string of the molecule is CC(N)C1CCCN(C(=O)CCOc2cccc(Br)c2)C1. The second-order valence-electron chi connectivity index (χ2n) is 5.66. The summed E-state index contributed by atoms with van der Waals surface area (Å²) in [6.45, 7) is 4.07. The number of piperidine rings is 1. The Labute approximate surface area is 134 Å². The molecule has 1 aliphatic heterocycles. The lowest BCUT2D eigenvalue weighted by Crippen LogP contribution is -2.45. The van der Waals surface area contributed by atoms with E-state index in [1.165, 1.54) is 0 Å². The second kappa shape index (κ2) is 7.80. The highest BCUT2D eigenvalue weighted by atomic mass is 79.9. The van der Waals surface area contributed by atoms with Crippen LogP contribution in [-0.2, 0) is 4.79 Å². The van der Waals surface area contributed by atoms with Crippen molar-refractivity contribution in [2.45, 2.75) is 32.2 Å². The standard InChI is InChI=1S/C16H23BrN2O2/c1-12(18)13-4-3-8-19(11-13)16(20)7-9-21-15-6-2-5-14(17)10-15/h2,5-6,10,12-13H,3-4,7-9,11,18H2,1H3. The maximum atomic E-state index is 12.2. The Morgan fingerprint density at radius 3 is 3.10 bits per heavy atom. The molecule has 1 heterocycles. The smallest absolute Gasteiger partial charge is 0.226 e. The number of rotatable bonds is 5. The van der Waals surface area contributed by atoms with Crippen LogP contribution in [0.5, 0.6) is 5.75 Å². The third-order valence-electron chi connectivity index (χ3n) is 3.93. The highest BCUT2D eigenvalue weighted by Gasteiger charge is 2.25. The Morgan fingerprint density at radius 2 is 2.38 bits per heavy atom. The van der Waals surface area contributed by atoms with Gasteiger partial charge in [-0.1, -0.05) is 22.0 Å². The van der Waals surface area contributed by atoms with Crippen molar-refractivity contribution in [1.82, 2.24) is 4.90 Å². The Hall–Kier alpha value is -1.07. The third-order valence-corrected chi connectivity index (χ3v) is 4.43. The van der Waals surface area contributed by atoms with Crippen LogP contribution in [0.4, 0.5) is 0 Å². The van der Waals surface area contributed by atoms with Crippen LogP contribution in [0, 0.1) is 5.92 Å². The molecule has 5 heteroatoms. The van der Waals surface area contributed by atoms with Gasteiger partial charge in [-0.15, -0.1) is 0 Å². The van der Waals surface area contributed by atoms with E-state index in [0.29, 0.717) is 18.9 Å². The van der Waals surface area contributed by atoms with Crippen LogP contribution < -0.4 is 10.5 Å². The lowest BCUT2D eigenvalue weighted by Gasteiger charge is -2.34. The fraction of sp³-hybridized carbons (Fsp3) is 0.562. The molecule has 1 amide bonds. The van der Waals surface area contributed by atoms with Gasteiger partial charge in [0.2, 0.25) is 5.91 Å². The second-order valence-corrected chi connectivity index (χ2v) is 6.57. The van der Waals surface area contributed by atoms with Gasteiger partial charge >= 0.3 is 0 Å². The van der Waals surface area contributed by atoms with Gasteiger partial charge in [-0.05, 0) is 43.9 Å². The van der Waals surface area contributed by atoms with Crippen molar-refractivity contribution >= 4 is 21.8 Å². The summed E-state index contributed by atoms with van der Waals surface area (Å²) in [4.78, 5) is 14.2. The zero-order valence-corrected chi connectivity index (χ0v) is 14.0. The third kappa shape index (κ3) is 5.00. The van der Waals surface area contributed by atoms with E-state index >= 15 is 0 Å². The summed E-state index contributed by atoms with van der Waals surface area (Å²) in [7, 11) is 0. The van der Waals surface area contributed by atoms with Crippen molar-refractivity contribution in [2.24, 2.45) is 11.7 Å². The van der Waals surface area contributed by atoms with E-state index in [-0.39, 0.29) is 11.9 Å². The minimum absolute atomic E-state index is 0.151. The molecule has 1 saturated heterocycles. The van der Waals surface area contributed by atoms with Gasteiger partial charge in [0.1, 0.15) is 5.75 Å². The van der Waals surface area contributed by atoms with E-state index in [4.69, 9.17) is 10.5 Å². The number of carbonyl (C=O) groups is 1. The zero-order chi connectivity index (χ0) is 15.2. The molecule has 1 fully saturated rings. The van der Waals surface area contributed by atoms with Crippen molar-refractivity contribution in [2.75, 3.05) is 19.7 Å². The van der Waals surface area contributed by atoms with Crippen LogP contribution in [0.15, 0.2) is 28.7 Å². The lowest BCUT2D eigenvalue weighted by atomic mass is 9.92. The first-order valence-electron chi connectivity index (χ1n) is 7.48. The molecule has 0 spiro atoms. The van der Waals surface area contributed by atoms with Crippen LogP contribution in [0.2, 0.25) is 0 Å². The summed E-state index contributed by atoms with van der Waals surface area (Å²) in [6, 6.07) is 7.80. The predicted octanol–water partition coefficient (Wildman–Crippen LogP) is 2.80. The van der Waals surface area contributed by atoms with Gasteiger partial charge in [0.25, 0.3) is 0 Å². The number of hydrogen-bond acceptors (Lipinski definition) is 3. The highest BCUT2D eigenvalue weighted by Crippen LogP contribution is 2.20. The summed E-state index contributed by atoms with van der Waals surface area (Å²) < 4.78 is 6.59. The first kappa shape index (κ1) is 16.3. The average Bonchev–Trinajstić information content (AvgIpc) is 2.47. The molecule has 1 aromatic rings. The molecule has 0 saturated carbocycles. The fourth-order valence-electron chi connectivity index (χ4n) is 2.64. The molecule has 2 unspecified atom stereocenters. The van der Waals surface area contributed by atoms with E-state index < -0.39 is 0 Å². The van der Waals surface area contributed by atoms with Gasteiger partial charge in [-0.25, -0.2) is 0 Å². The molecule has 2 N–H and O–H groups in total. The minimum atomic E-state index is 0.151. The van der Waals surface area contributed by atoms with E-state index in [1.807, 2.05) is 36.1 Å². The van der Waals surface area contributed by atoms with Gasteiger partial charge in [0.15, 0.2) is 0 Å². The van der Waals surface area contributed by atoms with E-state index in [0.717, 1.165) is 36.2 Å². The lowest BCUT2D eigenvalue weighted by molar-refractivity contribution is -0.133. The quantitative estimate of drug-likeness (QED) is 0.884. The van der Waals surface area contributed by atoms with E-state index in [2.05, 4.69) is 15.9 Å². The molecule has 1 aromatic carbocycles. The molecule has 21 heavy (non-hydrogen) atoms. The number of amides is 1. The number of carbonyl (C=O) groups excluding carboxylic acids is 1. The van der Waals surface area contributed by atoms with E-state index in [1.54, 1.807) is 0 Å². The van der Waals surface area contributed by atoms with Crippen molar-refractivity contribution in [3.63, 3.8) is 0 Å². The molecular weight excluding hydrogens is 332 g/mol. The summed E-state index contributed by atoms with van der Waals surface area (Å²) in [5.74, 6) is 1.37. The summed E-state index contributed by atoms with van der Waals surface area (Å²) in [5.41, 5.74) is 5.95. The van der Waals surface area contributed by atoms with Gasteiger partial charge in [-0.2, -0.15) is 0 Å². The maximum Gasteiger partial charge on any atom is 0.226 e. The minimum Gasteiger partial charge on any atom is -0.493 e. The molecule has 1 aliphatic rings. The summed E-state index contributed by atoms with van der Waals surface area (Å²) in [6.07, 6.45) is 2.58. The Kier molecular flexibility index (Phi) is 6.06. The first-order valence-corrected chi connectivity index (χ1v) is 8.27. The Balaban J connectivity index is 1.76. The van der Waals surface area contributed by atoms with Gasteiger partial charge < -0.3 is 15.4 Å². The summed E-state index contributed by atoms with van der Waals surface area (Å²) >= 11 is 3.40. The highest BCUT2D eigenvalue weighted by molar-refractivity contribution is 9.10. The van der Waals surface area contributed by atoms with Crippen molar-refractivity contribution in [1.29, 1.82) is 0 Å². The molecule has 2 rings (SSSR count). The molecular formula is C16H23BrN2O2. The summed E-state index contributed by atoms with van der Waals surface area (Å²) in [5, 5.41) is 0. The monoisotopic (exact) mass is 354 g/mol. The largest absolute Gasteiger partial charge is 0.493 e. The van der Waals surface area contributed by atoms with Gasteiger partial charge in [0, 0.05) is 23.6 Å². The number of halogens is 1. The number of nitrogens with zero attached hydrogens (tertiary/aromatic N) is 1. The van der Waals surface area contributed by atoms with Crippen LogP contribution >= 0.6 is 15.9 Å². The Morgan fingerprint density at radius 1 is 1.57 bits per heavy atom. The number of ether oxygens (including phenoxy) is 1. The van der Waals surface area contributed by atoms with Crippen LogP contribution in [-0.4, -0.2) is 36.5 Å². The van der Waals surface area contributed by atoms with Gasteiger partial charge in [-0.3, -0.25) is 4.79 Å². The van der Waals surface area contributed by atoms with Crippen LogP contribution in [0.1, 0.15) is 26.2 Å². The van der Waals surface area contributed by atoms with Crippen molar-refractivity contribution < 1.29 is 9.53 Å². The number of hydrogen-bond donors (Lipinski definition) is 1. The topological polar surface area (TPSA) is 55.6 Å². The molecule has 4 nitrogen and oxygen atoms in total. The molecule has 0 bridgehead atoms. The van der Waals surface area contributed by atoms with Gasteiger partial charge in [0.05, 0.1) is 13.0 Å². The number of likely N-dealkylation sites (tertiary alicyclic amines) is 1. The Bertz CT molecular complexity index is 479. The first-order chi connectivity index (χ1) is 10.1. The normalized spacial score (nSPS) is 20.1. The van der Waals surface area contributed by atoms with Crippen molar-refractivity contribution in [3.05, 3.63) is 28.7 Å². The van der Waals surface area contributed by atoms with Crippen LogP contribution in [0.3, 0.4) is 0 Å². The average molecular weight is 355 g/mol.